The molecule has 1 rings (SSSR count). The van der Waals surface area contributed by atoms with Crippen molar-refractivity contribution in [3.63, 3.8) is 0 Å². The molecule has 0 heterocycles. The molecule has 0 saturated heterocycles. The minimum atomic E-state index is 0. The van der Waals surface area contributed by atoms with Crippen LogP contribution < -0.4 is 4.74 Å². The maximum atomic E-state index is 5.70. The Kier molecular flexibility index (Phi) is 4.86. The lowest BCUT2D eigenvalue weighted by atomic mass is 10.3. The molecule has 0 fully saturated rings. The fraction of sp³-hybridized carbons (Fsp3) is 0.143. The van der Waals surface area contributed by atoms with Crippen LogP contribution in [0.25, 0.3) is 0 Å². The fourth-order valence-electron chi connectivity index (χ4n) is 0.610. The van der Waals surface area contributed by atoms with Crippen LogP contribution in [-0.4, -0.2) is 30.2 Å². The molecule has 0 radical (unpaired) electrons. The smallest absolute Gasteiger partial charge is 0.316 e. The molecule has 52 valence electrons. The molecule has 0 N–H and O–H groups in total. The Morgan fingerprint density at radius 3 is 2.30 bits per heavy atom. The molecule has 1 nitrogen and oxygen atoms in total. The lowest BCUT2D eigenvalue weighted by Gasteiger charge is -1.98. The molecule has 1 aromatic carbocycles. The minimum absolute atomic E-state index is 0. The standard InChI is InChI=1S/C7H7ClO.Mg.2H/c1-9-7-5-3-2-4-6(7)8;;;/h2-5H,1H3;;;. The molecule has 0 unspecified atom stereocenters. The Balaban J connectivity index is 0.000000810. The van der Waals surface area contributed by atoms with Gasteiger partial charge in [0.25, 0.3) is 0 Å². The Hall–Kier alpha value is 0.0762. The average molecular weight is 169 g/mol. The lowest BCUT2D eigenvalue weighted by Crippen LogP contribution is -1.81. The molecule has 0 aliphatic rings. The molecule has 0 amide bonds. The highest BCUT2D eigenvalue weighted by molar-refractivity contribution is 6.32. The van der Waals surface area contributed by atoms with E-state index in [1.165, 1.54) is 0 Å². The SMILES string of the molecule is COc1ccccc1Cl.[MgH2]. The van der Waals surface area contributed by atoms with Crippen molar-refractivity contribution >= 4 is 34.7 Å². The molecule has 10 heavy (non-hydrogen) atoms. The lowest BCUT2D eigenvalue weighted by molar-refractivity contribution is 0.415. The zero-order valence-electron chi connectivity index (χ0n) is 5.10. The highest BCUT2D eigenvalue weighted by Gasteiger charge is 1.93. The summed E-state index contributed by atoms with van der Waals surface area (Å²) in [5.41, 5.74) is 0. The molecule has 1 aromatic rings. The van der Waals surface area contributed by atoms with Gasteiger partial charge < -0.3 is 4.74 Å². The number of para-hydroxylation sites is 1. The summed E-state index contributed by atoms with van der Waals surface area (Å²) in [6.07, 6.45) is 0. The van der Waals surface area contributed by atoms with Crippen molar-refractivity contribution in [2.75, 3.05) is 7.11 Å². The van der Waals surface area contributed by atoms with Gasteiger partial charge in [0.15, 0.2) is 0 Å². The van der Waals surface area contributed by atoms with E-state index >= 15 is 0 Å². The van der Waals surface area contributed by atoms with Crippen LogP contribution in [0.15, 0.2) is 24.3 Å². The summed E-state index contributed by atoms with van der Waals surface area (Å²) < 4.78 is 4.91. The molecule has 0 aliphatic carbocycles. The van der Waals surface area contributed by atoms with Gasteiger partial charge in [-0.1, -0.05) is 23.7 Å². The number of hydrogen-bond acceptors (Lipinski definition) is 1. The number of benzene rings is 1. The van der Waals surface area contributed by atoms with E-state index in [4.69, 9.17) is 16.3 Å². The van der Waals surface area contributed by atoms with Gasteiger partial charge in [0.2, 0.25) is 0 Å². The van der Waals surface area contributed by atoms with E-state index in [2.05, 4.69) is 0 Å². The van der Waals surface area contributed by atoms with E-state index in [1.807, 2.05) is 18.2 Å². The zero-order valence-corrected chi connectivity index (χ0v) is 5.85. The van der Waals surface area contributed by atoms with E-state index in [9.17, 15) is 0 Å². The van der Waals surface area contributed by atoms with Crippen LogP contribution in [0.2, 0.25) is 5.02 Å². The summed E-state index contributed by atoms with van der Waals surface area (Å²) in [5, 5.41) is 0.653. The van der Waals surface area contributed by atoms with Crippen LogP contribution in [-0.2, 0) is 0 Å². The molecule has 0 aliphatic heterocycles. The van der Waals surface area contributed by atoms with Crippen LogP contribution >= 0.6 is 11.6 Å². The quantitative estimate of drug-likeness (QED) is 0.577. The van der Waals surface area contributed by atoms with Gasteiger partial charge in [-0.2, -0.15) is 0 Å². The summed E-state index contributed by atoms with van der Waals surface area (Å²) in [7, 11) is 1.60. The van der Waals surface area contributed by atoms with Gasteiger partial charge in [-0.05, 0) is 12.1 Å². The Bertz CT molecular complexity index is 203. The van der Waals surface area contributed by atoms with Crippen molar-refractivity contribution in [3.8, 4) is 5.75 Å². The topological polar surface area (TPSA) is 9.23 Å². The van der Waals surface area contributed by atoms with E-state index in [-0.39, 0.29) is 23.1 Å². The number of rotatable bonds is 1. The first kappa shape index (κ1) is 10.1. The van der Waals surface area contributed by atoms with Gasteiger partial charge in [-0.25, -0.2) is 0 Å². The van der Waals surface area contributed by atoms with Crippen LogP contribution in [0, 0.1) is 0 Å². The fourth-order valence-corrected chi connectivity index (χ4v) is 0.823. The van der Waals surface area contributed by atoms with Crippen LogP contribution in [0.3, 0.4) is 0 Å². The van der Waals surface area contributed by atoms with Crippen molar-refractivity contribution in [1.29, 1.82) is 0 Å². The van der Waals surface area contributed by atoms with Gasteiger partial charge in [0.05, 0.1) is 12.1 Å². The first-order valence-electron chi connectivity index (χ1n) is 2.63. The summed E-state index contributed by atoms with van der Waals surface area (Å²) >= 11 is 5.70. The maximum Gasteiger partial charge on any atom is 0.316 e. The van der Waals surface area contributed by atoms with Crippen molar-refractivity contribution in [3.05, 3.63) is 29.3 Å². The minimum Gasteiger partial charge on any atom is -0.495 e. The summed E-state index contributed by atoms with van der Waals surface area (Å²) in [4.78, 5) is 0. The molecule has 0 saturated carbocycles. The average Bonchev–Trinajstić information content (AvgIpc) is 1.89. The van der Waals surface area contributed by atoms with Crippen LogP contribution in [0.1, 0.15) is 0 Å². The zero-order chi connectivity index (χ0) is 6.69. The largest absolute Gasteiger partial charge is 0.495 e. The summed E-state index contributed by atoms with van der Waals surface area (Å²) in [6, 6.07) is 7.36. The van der Waals surface area contributed by atoms with E-state index in [1.54, 1.807) is 13.2 Å². The van der Waals surface area contributed by atoms with Crippen molar-refractivity contribution in [2.45, 2.75) is 0 Å². The van der Waals surface area contributed by atoms with Crippen molar-refractivity contribution in [2.24, 2.45) is 0 Å². The predicted molar refractivity (Wildman–Crippen MR) is 46.5 cm³/mol. The van der Waals surface area contributed by atoms with Gasteiger partial charge in [-0.3, -0.25) is 0 Å². The summed E-state index contributed by atoms with van der Waals surface area (Å²) in [5.74, 6) is 0.721. The Labute approximate surface area is 81.5 Å². The molecular weight excluding hydrogens is 160 g/mol. The maximum absolute atomic E-state index is 5.70. The van der Waals surface area contributed by atoms with Gasteiger partial charge in [0, 0.05) is 0 Å². The molecule has 0 aromatic heterocycles. The van der Waals surface area contributed by atoms with Gasteiger partial charge >= 0.3 is 23.1 Å². The van der Waals surface area contributed by atoms with Crippen LogP contribution in [0.5, 0.6) is 5.75 Å². The number of halogens is 1. The van der Waals surface area contributed by atoms with Crippen molar-refractivity contribution in [1.82, 2.24) is 0 Å². The molecule has 0 spiro atoms. The normalized spacial score (nSPS) is 8.20. The van der Waals surface area contributed by atoms with Gasteiger partial charge in [-0.15, -0.1) is 0 Å². The Morgan fingerprint density at radius 1 is 1.30 bits per heavy atom. The van der Waals surface area contributed by atoms with Gasteiger partial charge in [0.1, 0.15) is 5.75 Å². The highest BCUT2D eigenvalue weighted by Crippen LogP contribution is 2.21. The second-order valence-electron chi connectivity index (χ2n) is 1.63. The van der Waals surface area contributed by atoms with E-state index in [0.717, 1.165) is 5.75 Å². The van der Waals surface area contributed by atoms with Crippen molar-refractivity contribution < 1.29 is 4.74 Å². The highest BCUT2D eigenvalue weighted by atomic mass is 35.5. The second-order valence-corrected chi connectivity index (χ2v) is 2.04. The Morgan fingerprint density at radius 2 is 1.90 bits per heavy atom. The molecule has 0 bridgehead atoms. The first-order chi connectivity index (χ1) is 4.34. The third kappa shape index (κ3) is 2.37. The number of ether oxygens (including phenoxy) is 1. The first-order valence-corrected chi connectivity index (χ1v) is 3.01. The monoisotopic (exact) mass is 168 g/mol. The van der Waals surface area contributed by atoms with Crippen LogP contribution in [0.4, 0.5) is 0 Å². The third-order valence-corrected chi connectivity index (χ3v) is 1.37. The predicted octanol–water partition coefficient (Wildman–Crippen LogP) is 1.43. The number of hydrogen-bond donors (Lipinski definition) is 0. The van der Waals surface area contributed by atoms with E-state index < -0.39 is 0 Å². The molecule has 3 heteroatoms. The number of methoxy groups -OCH3 is 1. The third-order valence-electron chi connectivity index (χ3n) is 1.06. The van der Waals surface area contributed by atoms with E-state index in [0.29, 0.717) is 5.02 Å². The summed E-state index contributed by atoms with van der Waals surface area (Å²) in [6.45, 7) is 0. The molecule has 0 atom stereocenters. The molecular formula is C7H9ClMgO. The second kappa shape index (κ2) is 4.83.